The Hall–Kier alpha value is -0.450. The molecule has 0 aromatic heterocycles. The normalized spacial score (nSPS) is 20.4. The lowest BCUT2D eigenvalue weighted by atomic mass is 9.97. The van der Waals surface area contributed by atoms with Gasteiger partial charge in [-0.15, -0.1) is 0 Å². The molecule has 4 heteroatoms. The molecule has 0 amide bonds. The van der Waals surface area contributed by atoms with E-state index in [4.69, 9.17) is 5.73 Å². The van der Waals surface area contributed by atoms with Gasteiger partial charge < -0.3 is 11.1 Å². The van der Waals surface area contributed by atoms with Gasteiger partial charge in [0.05, 0.1) is 4.47 Å². The Morgan fingerprint density at radius 2 is 1.90 bits per heavy atom. The summed E-state index contributed by atoms with van der Waals surface area (Å²) in [5, 5.41) is 3.57. The highest BCUT2D eigenvalue weighted by atomic mass is 79.9. The first kappa shape index (κ1) is 14.5. The summed E-state index contributed by atoms with van der Waals surface area (Å²) in [6, 6.07) is 5.34. The van der Waals surface area contributed by atoms with Gasteiger partial charge in [0.15, 0.2) is 0 Å². The molecule has 2 saturated carbocycles. The van der Waals surface area contributed by atoms with Crippen molar-refractivity contribution in [3.8, 4) is 0 Å². The van der Waals surface area contributed by atoms with E-state index in [1.807, 2.05) is 6.07 Å². The third kappa shape index (κ3) is 3.41. The number of hydrogen-bond donors (Lipinski definition) is 2. The van der Waals surface area contributed by atoms with Crippen molar-refractivity contribution < 1.29 is 4.39 Å². The van der Waals surface area contributed by atoms with Crippen LogP contribution in [0.25, 0.3) is 0 Å². The Kier molecular flexibility index (Phi) is 4.43. The Bertz CT molecular complexity index is 460. The average molecular weight is 341 g/mol. The van der Waals surface area contributed by atoms with E-state index in [0.29, 0.717) is 11.0 Å². The van der Waals surface area contributed by atoms with E-state index < -0.39 is 0 Å². The molecule has 2 fully saturated rings. The molecule has 0 heterocycles. The minimum atomic E-state index is -0.219. The predicted octanol–water partition coefficient (Wildman–Crippen LogP) is 3.61. The Labute approximate surface area is 128 Å². The molecule has 20 heavy (non-hydrogen) atoms. The standard InChI is InChI=1S/C16H22BrFN2/c17-14-6-5-12(7-15(14)18)16(8-19)20-9-13(10-1-2-10)11-3-4-11/h5-7,10-11,13,16,20H,1-4,8-9,19H2. The quantitative estimate of drug-likeness (QED) is 0.795. The van der Waals surface area contributed by atoms with Gasteiger partial charge in [-0.25, -0.2) is 4.39 Å². The summed E-state index contributed by atoms with van der Waals surface area (Å²) < 4.78 is 14.1. The minimum Gasteiger partial charge on any atom is -0.329 e. The molecule has 1 unspecified atom stereocenters. The van der Waals surface area contributed by atoms with Crippen LogP contribution in [0.4, 0.5) is 4.39 Å². The van der Waals surface area contributed by atoms with Crippen molar-refractivity contribution in [1.29, 1.82) is 0 Å². The van der Waals surface area contributed by atoms with Crippen LogP contribution in [0.15, 0.2) is 22.7 Å². The van der Waals surface area contributed by atoms with E-state index in [1.54, 1.807) is 12.1 Å². The van der Waals surface area contributed by atoms with Crippen molar-refractivity contribution in [3.63, 3.8) is 0 Å². The highest BCUT2D eigenvalue weighted by molar-refractivity contribution is 9.10. The van der Waals surface area contributed by atoms with E-state index >= 15 is 0 Å². The summed E-state index contributed by atoms with van der Waals surface area (Å²) in [6.45, 7) is 1.53. The smallest absolute Gasteiger partial charge is 0.137 e. The summed E-state index contributed by atoms with van der Waals surface area (Å²) in [6.07, 6.45) is 5.57. The average Bonchev–Trinajstić information content (AvgIpc) is 3.31. The molecule has 110 valence electrons. The second-order valence-electron chi connectivity index (χ2n) is 6.21. The van der Waals surface area contributed by atoms with Crippen LogP contribution in [0.5, 0.6) is 0 Å². The first-order valence-electron chi connectivity index (χ1n) is 7.57. The van der Waals surface area contributed by atoms with E-state index in [0.717, 1.165) is 29.9 Å². The van der Waals surface area contributed by atoms with Crippen LogP contribution in [0, 0.1) is 23.6 Å². The maximum absolute atomic E-state index is 13.6. The van der Waals surface area contributed by atoms with Crippen molar-refractivity contribution >= 4 is 15.9 Å². The van der Waals surface area contributed by atoms with Crippen molar-refractivity contribution in [1.82, 2.24) is 5.32 Å². The summed E-state index contributed by atoms with van der Waals surface area (Å²) in [4.78, 5) is 0. The second kappa shape index (κ2) is 6.12. The number of rotatable bonds is 7. The number of halogens is 2. The van der Waals surface area contributed by atoms with Gasteiger partial charge in [-0.2, -0.15) is 0 Å². The molecule has 0 bridgehead atoms. The lowest BCUT2D eigenvalue weighted by molar-refractivity contribution is 0.357. The lowest BCUT2D eigenvalue weighted by Crippen LogP contribution is -2.33. The highest BCUT2D eigenvalue weighted by Crippen LogP contribution is 2.49. The van der Waals surface area contributed by atoms with Crippen LogP contribution >= 0.6 is 15.9 Å². The summed E-state index contributed by atoms with van der Waals surface area (Å²) in [5.41, 5.74) is 6.81. The summed E-state index contributed by atoms with van der Waals surface area (Å²) >= 11 is 3.19. The van der Waals surface area contributed by atoms with Crippen LogP contribution in [-0.4, -0.2) is 13.1 Å². The minimum absolute atomic E-state index is 0.0533. The molecule has 0 aliphatic heterocycles. The lowest BCUT2D eigenvalue weighted by Gasteiger charge is -2.22. The van der Waals surface area contributed by atoms with E-state index in [9.17, 15) is 4.39 Å². The van der Waals surface area contributed by atoms with Gasteiger partial charge in [-0.3, -0.25) is 0 Å². The van der Waals surface area contributed by atoms with Gasteiger partial charge >= 0.3 is 0 Å². The van der Waals surface area contributed by atoms with Gasteiger partial charge in [0, 0.05) is 12.6 Å². The number of nitrogens with two attached hydrogens (primary N) is 1. The second-order valence-corrected chi connectivity index (χ2v) is 7.06. The number of hydrogen-bond acceptors (Lipinski definition) is 2. The largest absolute Gasteiger partial charge is 0.329 e. The molecule has 2 nitrogen and oxygen atoms in total. The number of benzene rings is 1. The predicted molar refractivity (Wildman–Crippen MR) is 82.8 cm³/mol. The zero-order valence-electron chi connectivity index (χ0n) is 11.6. The third-order valence-electron chi connectivity index (χ3n) is 4.64. The van der Waals surface area contributed by atoms with Crippen molar-refractivity contribution in [2.75, 3.05) is 13.1 Å². The molecule has 0 saturated heterocycles. The summed E-state index contributed by atoms with van der Waals surface area (Å²) in [5.74, 6) is 2.44. The van der Waals surface area contributed by atoms with Gasteiger partial charge in [0.2, 0.25) is 0 Å². The van der Waals surface area contributed by atoms with Crippen LogP contribution in [0.1, 0.15) is 37.3 Å². The monoisotopic (exact) mass is 340 g/mol. The maximum atomic E-state index is 13.6. The molecule has 2 aliphatic carbocycles. The molecule has 0 spiro atoms. The van der Waals surface area contributed by atoms with E-state index in [-0.39, 0.29) is 11.9 Å². The van der Waals surface area contributed by atoms with Crippen molar-refractivity contribution in [3.05, 3.63) is 34.1 Å². The first-order chi connectivity index (χ1) is 9.69. The molecule has 1 aromatic carbocycles. The van der Waals surface area contributed by atoms with E-state index in [2.05, 4.69) is 21.2 Å². The molecule has 3 rings (SSSR count). The fraction of sp³-hybridized carbons (Fsp3) is 0.625. The SMILES string of the molecule is NCC(NCC(C1CC1)C1CC1)c1ccc(Br)c(F)c1. The van der Waals surface area contributed by atoms with Crippen LogP contribution in [-0.2, 0) is 0 Å². The van der Waals surface area contributed by atoms with Gasteiger partial charge in [-0.05, 0) is 83.6 Å². The molecular formula is C16H22BrFN2. The zero-order chi connectivity index (χ0) is 14.1. The topological polar surface area (TPSA) is 38.0 Å². The first-order valence-corrected chi connectivity index (χ1v) is 8.36. The number of nitrogens with one attached hydrogen (secondary N) is 1. The zero-order valence-corrected chi connectivity index (χ0v) is 13.2. The van der Waals surface area contributed by atoms with Crippen molar-refractivity contribution in [2.45, 2.75) is 31.7 Å². The van der Waals surface area contributed by atoms with Crippen LogP contribution < -0.4 is 11.1 Å². The molecule has 3 N–H and O–H groups in total. The van der Waals surface area contributed by atoms with Gasteiger partial charge in [-0.1, -0.05) is 6.07 Å². The fourth-order valence-electron chi connectivity index (χ4n) is 3.11. The molecular weight excluding hydrogens is 319 g/mol. The maximum Gasteiger partial charge on any atom is 0.137 e. The Morgan fingerprint density at radius 1 is 1.25 bits per heavy atom. The molecule has 0 radical (unpaired) electrons. The van der Waals surface area contributed by atoms with E-state index in [1.165, 1.54) is 25.7 Å². The Balaban J connectivity index is 1.62. The molecule has 1 aromatic rings. The Morgan fingerprint density at radius 3 is 2.40 bits per heavy atom. The molecule has 2 aliphatic rings. The van der Waals surface area contributed by atoms with Crippen LogP contribution in [0.2, 0.25) is 0 Å². The van der Waals surface area contributed by atoms with Gasteiger partial charge in [0.1, 0.15) is 5.82 Å². The summed E-state index contributed by atoms with van der Waals surface area (Å²) in [7, 11) is 0. The fourth-order valence-corrected chi connectivity index (χ4v) is 3.36. The molecule has 1 atom stereocenters. The van der Waals surface area contributed by atoms with Crippen molar-refractivity contribution in [2.24, 2.45) is 23.5 Å². The van der Waals surface area contributed by atoms with Gasteiger partial charge in [0.25, 0.3) is 0 Å². The van der Waals surface area contributed by atoms with Crippen LogP contribution in [0.3, 0.4) is 0 Å². The highest BCUT2D eigenvalue weighted by Gasteiger charge is 2.41. The third-order valence-corrected chi connectivity index (χ3v) is 5.28.